The Balaban J connectivity index is 1.41. The zero-order valence-corrected chi connectivity index (χ0v) is 17.4. The average Bonchev–Trinajstić information content (AvgIpc) is 3.08. The van der Waals surface area contributed by atoms with Crippen LogP contribution in [0.2, 0.25) is 5.02 Å². The van der Waals surface area contributed by atoms with Crippen molar-refractivity contribution in [1.82, 2.24) is 20.0 Å². The number of hydrogen-bond acceptors (Lipinski definition) is 5. The molecule has 0 aliphatic rings. The monoisotopic (exact) mass is 437 g/mol. The molecule has 7 nitrogen and oxygen atoms in total. The number of carbonyl (C=O) groups is 1. The van der Waals surface area contributed by atoms with Crippen molar-refractivity contribution in [3.63, 3.8) is 0 Å². The Bertz CT molecular complexity index is 1240. The third-order valence-electron chi connectivity index (χ3n) is 4.36. The molecule has 2 aromatic carbocycles. The van der Waals surface area contributed by atoms with E-state index in [0.29, 0.717) is 23.1 Å². The summed E-state index contributed by atoms with van der Waals surface area (Å²) in [5.74, 6) is 0.486. The summed E-state index contributed by atoms with van der Waals surface area (Å²) >= 11 is 5.93. The number of aryl methyl sites for hydroxylation is 2. The maximum absolute atomic E-state index is 13.1. The Morgan fingerprint density at radius 2 is 1.81 bits per heavy atom. The van der Waals surface area contributed by atoms with Crippen molar-refractivity contribution in [3.05, 3.63) is 88.5 Å². The molecular formula is C22H17ClFN5O2. The van der Waals surface area contributed by atoms with Crippen molar-refractivity contribution >= 4 is 23.2 Å². The van der Waals surface area contributed by atoms with Crippen LogP contribution in [0.1, 0.15) is 21.7 Å². The first-order valence-electron chi connectivity index (χ1n) is 9.31. The van der Waals surface area contributed by atoms with Gasteiger partial charge < -0.3 is 10.1 Å². The zero-order chi connectivity index (χ0) is 22.0. The van der Waals surface area contributed by atoms with E-state index in [4.69, 9.17) is 16.3 Å². The van der Waals surface area contributed by atoms with Crippen LogP contribution in [-0.4, -0.2) is 25.9 Å². The Labute approximate surface area is 182 Å². The summed E-state index contributed by atoms with van der Waals surface area (Å²) in [6, 6.07) is 15.7. The molecule has 9 heteroatoms. The third kappa shape index (κ3) is 4.70. The minimum atomic E-state index is -0.506. The Morgan fingerprint density at radius 1 is 1.03 bits per heavy atom. The molecule has 2 heterocycles. The maximum atomic E-state index is 13.1. The molecule has 0 saturated carbocycles. The van der Waals surface area contributed by atoms with Crippen LogP contribution in [0.25, 0.3) is 5.82 Å². The minimum Gasteiger partial charge on any atom is -0.438 e. The Morgan fingerprint density at radius 3 is 2.42 bits per heavy atom. The molecule has 2 aromatic heterocycles. The van der Waals surface area contributed by atoms with Gasteiger partial charge in [0.25, 0.3) is 5.91 Å². The predicted molar refractivity (Wildman–Crippen MR) is 115 cm³/mol. The number of ether oxygens (including phenoxy) is 1. The quantitative estimate of drug-likeness (QED) is 0.468. The predicted octanol–water partition coefficient (Wildman–Crippen LogP) is 5.12. The number of nitrogens with one attached hydrogen (secondary N) is 1. The molecule has 0 saturated heterocycles. The molecule has 0 radical (unpaired) electrons. The van der Waals surface area contributed by atoms with Gasteiger partial charge in [0.05, 0.1) is 16.3 Å². The molecule has 0 atom stereocenters. The van der Waals surface area contributed by atoms with Gasteiger partial charge in [-0.1, -0.05) is 11.6 Å². The first kappa shape index (κ1) is 20.5. The van der Waals surface area contributed by atoms with Gasteiger partial charge in [0, 0.05) is 17.4 Å². The zero-order valence-electron chi connectivity index (χ0n) is 16.6. The lowest BCUT2D eigenvalue weighted by Gasteiger charge is -2.09. The molecule has 1 N–H and O–H groups in total. The van der Waals surface area contributed by atoms with Gasteiger partial charge in [0.2, 0.25) is 5.88 Å². The van der Waals surface area contributed by atoms with Crippen molar-refractivity contribution < 1.29 is 13.9 Å². The van der Waals surface area contributed by atoms with E-state index in [1.807, 2.05) is 19.9 Å². The lowest BCUT2D eigenvalue weighted by molar-refractivity contribution is 0.102. The second kappa shape index (κ2) is 8.53. The van der Waals surface area contributed by atoms with Crippen molar-refractivity contribution in [2.45, 2.75) is 13.8 Å². The molecule has 0 spiro atoms. The van der Waals surface area contributed by atoms with E-state index in [1.165, 1.54) is 12.1 Å². The number of carbonyl (C=O) groups excluding carboxylic acids is 1. The lowest BCUT2D eigenvalue weighted by atomic mass is 10.2. The van der Waals surface area contributed by atoms with Gasteiger partial charge in [0.1, 0.15) is 11.6 Å². The van der Waals surface area contributed by atoms with E-state index in [1.54, 1.807) is 41.1 Å². The molecule has 1 amide bonds. The molecule has 0 bridgehead atoms. The van der Waals surface area contributed by atoms with Crippen molar-refractivity contribution in [2.75, 3.05) is 5.32 Å². The Kier molecular flexibility index (Phi) is 5.64. The topological polar surface area (TPSA) is 81.9 Å². The van der Waals surface area contributed by atoms with Crippen LogP contribution < -0.4 is 10.1 Å². The summed E-state index contributed by atoms with van der Waals surface area (Å²) in [6.07, 6.45) is 0. The lowest BCUT2D eigenvalue weighted by Crippen LogP contribution is -2.12. The minimum absolute atomic E-state index is 0.0416. The van der Waals surface area contributed by atoms with E-state index >= 15 is 0 Å². The smallest absolute Gasteiger partial charge is 0.257 e. The third-order valence-corrected chi connectivity index (χ3v) is 4.68. The van der Waals surface area contributed by atoms with Crippen molar-refractivity contribution in [3.8, 4) is 17.4 Å². The summed E-state index contributed by atoms with van der Waals surface area (Å²) in [4.78, 5) is 12.3. The molecule has 0 aliphatic carbocycles. The van der Waals surface area contributed by atoms with Crippen LogP contribution in [0.5, 0.6) is 11.6 Å². The summed E-state index contributed by atoms with van der Waals surface area (Å²) in [6.45, 7) is 3.85. The van der Waals surface area contributed by atoms with Crippen LogP contribution in [0.4, 0.5) is 10.1 Å². The van der Waals surface area contributed by atoms with Gasteiger partial charge in [0.15, 0.2) is 5.82 Å². The first-order valence-corrected chi connectivity index (χ1v) is 9.68. The van der Waals surface area contributed by atoms with Crippen LogP contribution in [0.3, 0.4) is 0 Å². The summed E-state index contributed by atoms with van der Waals surface area (Å²) in [7, 11) is 0. The SMILES string of the molecule is Cc1cc(C)n(-c2ccc(Oc3ccc(NC(=O)c4ccc(F)cc4Cl)cc3)nn2)n1. The number of benzene rings is 2. The standard InChI is InChI=1S/C22H17ClFN5O2/c1-13-11-14(2)29(28-13)20-9-10-21(27-26-20)31-17-6-4-16(5-7-17)25-22(30)18-8-3-15(24)12-19(18)23/h3-12H,1-2H3,(H,25,30). The number of amides is 1. The highest BCUT2D eigenvalue weighted by Crippen LogP contribution is 2.23. The summed E-state index contributed by atoms with van der Waals surface area (Å²) < 4.78 is 20.6. The number of hydrogen-bond donors (Lipinski definition) is 1. The molecule has 0 unspecified atom stereocenters. The Hall–Kier alpha value is -3.78. The first-order chi connectivity index (χ1) is 14.9. The normalized spacial score (nSPS) is 10.7. The maximum Gasteiger partial charge on any atom is 0.257 e. The fourth-order valence-electron chi connectivity index (χ4n) is 2.94. The highest BCUT2D eigenvalue weighted by atomic mass is 35.5. The number of nitrogens with zero attached hydrogens (tertiary/aromatic N) is 4. The van der Waals surface area contributed by atoms with E-state index in [9.17, 15) is 9.18 Å². The van der Waals surface area contributed by atoms with Crippen molar-refractivity contribution in [2.24, 2.45) is 0 Å². The molecular weight excluding hydrogens is 421 g/mol. The number of halogens is 2. The van der Waals surface area contributed by atoms with Gasteiger partial charge in [-0.05, 0) is 68.4 Å². The van der Waals surface area contributed by atoms with Crippen LogP contribution in [0, 0.1) is 19.7 Å². The van der Waals surface area contributed by atoms with E-state index in [-0.39, 0.29) is 10.6 Å². The fraction of sp³-hybridized carbons (Fsp3) is 0.0909. The number of aromatic nitrogens is 4. The number of anilines is 1. The fourth-order valence-corrected chi connectivity index (χ4v) is 3.19. The molecule has 156 valence electrons. The summed E-state index contributed by atoms with van der Waals surface area (Å²) in [5, 5.41) is 15.3. The van der Waals surface area contributed by atoms with Crippen LogP contribution in [-0.2, 0) is 0 Å². The molecule has 0 aliphatic heterocycles. The number of rotatable bonds is 5. The van der Waals surface area contributed by atoms with Gasteiger partial charge in [-0.25, -0.2) is 9.07 Å². The van der Waals surface area contributed by atoms with E-state index in [0.717, 1.165) is 17.5 Å². The van der Waals surface area contributed by atoms with Gasteiger partial charge in [-0.2, -0.15) is 5.10 Å². The summed E-state index contributed by atoms with van der Waals surface area (Å²) in [5.41, 5.74) is 2.57. The highest BCUT2D eigenvalue weighted by Gasteiger charge is 2.12. The molecule has 0 fully saturated rings. The largest absolute Gasteiger partial charge is 0.438 e. The molecule has 4 rings (SSSR count). The van der Waals surface area contributed by atoms with E-state index in [2.05, 4.69) is 20.6 Å². The van der Waals surface area contributed by atoms with Gasteiger partial charge >= 0.3 is 0 Å². The van der Waals surface area contributed by atoms with Crippen molar-refractivity contribution in [1.29, 1.82) is 0 Å². The second-order valence-electron chi connectivity index (χ2n) is 6.77. The van der Waals surface area contributed by atoms with E-state index < -0.39 is 11.7 Å². The van der Waals surface area contributed by atoms with Crippen LogP contribution >= 0.6 is 11.6 Å². The highest BCUT2D eigenvalue weighted by molar-refractivity contribution is 6.34. The molecule has 4 aromatic rings. The van der Waals surface area contributed by atoms with Gasteiger partial charge in [-0.15, -0.1) is 10.2 Å². The molecule has 31 heavy (non-hydrogen) atoms. The average molecular weight is 438 g/mol. The van der Waals surface area contributed by atoms with Gasteiger partial charge in [-0.3, -0.25) is 4.79 Å². The van der Waals surface area contributed by atoms with Crippen LogP contribution in [0.15, 0.2) is 60.7 Å². The second-order valence-corrected chi connectivity index (χ2v) is 7.18.